The largest absolute Gasteiger partial charge is 0.492 e. The number of anilines is 1. The Morgan fingerprint density at radius 2 is 1.31 bits per heavy atom. The third kappa shape index (κ3) is 7.73. The molecular formula is C24H29Cl2N3O6. The van der Waals surface area contributed by atoms with Gasteiger partial charge in [-0.2, -0.15) is 10.2 Å². The van der Waals surface area contributed by atoms with E-state index in [2.05, 4.69) is 15.5 Å². The van der Waals surface area contributed by atoms with Gasteiger partial charge in [-0.15, -0.1) is 0 Å². The maximum atomic E-state index is 12.9. The lowest BCUT2D eigenvalue weighted by atomic mass is 10.2. The Morgan fingerprint density at radius 1 is 0.829 bits per heavy atom. The molecule has 0 aliphatic heterocycles. The van der Waals surface area contributed by atoms with Crippen molar-refractivity contribution in [2.24, 2.45) is 10.2 Å². The predicted octanol–water partition coefficient (Wildman–Crippen LogP) is 6.27. The summed E-state index contributed by atoms with van der Waals surface area (Å²) in [5.41, 5.74) is 0.548. The second-order valence-electron chi connectivity index (χ2n) is 6.98. The van der Waals surface area contributed by atoms with Crippen molar-refractivity contribution in [3.05, 3.63) is 34.3 Å². The van der Waals surface area contributed by atoms with Crippen LogP contribution in [0.15, 0.2) is 34.5 Å². The molecule has 1 unspecified atom stereocenters. The van der Waals surface area contributed by atoms with E-state index in [9.17, 15) is 9.59 Å². The first-order valence-electron chi connectivity index (χ1n) is 11.2. The number of hydrogen-bond acceptors (Lipinski definition) is 8. The van der Waals surface area contributed by atoms with Gasteiger partial charge in [-0.05, 0) is 34.6 Å². The van der Waals surface area contributed by atoms with Crippen LogP contribution in [0, 0.1) is 0 Å². The van der Waals surface area contributed by atoms with Gasteiger partial charge in [0.1, 0.15) is 16.5 Å². The van der Waals surface area contributed by atoms with Crippen LogP contribution in [0.2, 0.25) is 10.0 Å². The van der Waals surface area contributed by atoms with Crippen LogP contribution in [-0.2, 0) is 9.59 Å². The molecule has 1 atom stereocenters. The van der Waals surface area contributed by atoms with Crippen molar-refractivity contribution in [2.75, 3.05) is 31.7 Å². The molecule has 0 spiro atoms. The van der Waals surface area contributed by atoms with Crippen LogP contribution in [0.4, 0.5) is 11.4 Å². The Morgan fingerprint density at radius 3 is 1.80 bits per heavy atom. The van der Waals surface area contributed by atoms with E-state index in [-0.39, 0.29) is 10.7 Å². The first-order valence-corrected chi connectivity index (χ1v) is 11.9. The Hall–Kier alpha value is -3.04. The van der Waals surface area contributed by atoms with E-state index in [0.29, 0.717) is 60.1 Å². The average molecular weight is 526 g/mol. The smallest absolute Gasteiger partial charge is 0.258 e. The molecule has 0 heterocycles. The first-order chi connectivity index (χ1) is 16.7. The van der Waals surface area contributed by atoms with Crippen molar-refractivity contribution < 1.29 is 28.5 Å². The monoisotopic (exact) mass is 525 g/mol. The second kappa shape index (κ2) is 13.7. The van der Waals surface area contributed by atoms with Crippen molar-refractivity contribution in [1.82, 2.24) is 0 Å². The highest BCUT2D eigenvalue weighted by atomic mass is 35.5. The maximum absolute atomic E-state index is 12.9. The number of hydrogen-bond donors (Lipinski definition) is 1. The highest BCUT2D eigenvalue weighted by Gasteiger charge is 2.25. The van der Waals surface area contributed by atoms with Crippen molar-refractivity contribution in [2.45, 2.75) is 40.7 Å². The number of carbonyl (C=O) groups is 2. The molecule has 0 aromatic heterocycles. The molecule has 2 aromatic rings. The molecule has 0 radical (unpaired) electrons. The molecule has 2 rings (SSSR count). The summed E-state index contributed by atoms with van der Waals surface area (Å²) in [5.74, 6) is 0.326. The highest BCUT2D eigenvalue weighted by Crippen LogP contribution is 2.39. The quantitative estimate of drug-likeness (QED) is 0.244. The van der Waals surface area contributed by atoms with Crippen molar-refractivity contribution in [3.63, 3.8) is 0 Å². The predicted molar refractivity (Wildman–Crippen MR) is 135 cm³/mol. The molecule has 0 aliphatic rings. The van der Waals surface area contributed by atoms with Crippen LogP contribution in [0.25, 0.3) is 0 Å². The van der Waals surface area contributed by atoms with Crippen LogP contribution in [0.3, 0.4) is 0 Å². The highest BCUT2D eigenvalue weighted by molar-refractivity contribution is 6.34. The van der Waals surface area contributed by atoms with Gasteiger partial charge in [-0.3, -0.25) is 9.59 Å². The molecule has 9 nitrogen and oxygen atoms in total. The molecule has 0 bridgehead atoms. The number of rotatable bonds is 13. The van der Waals surface area contributed by atoms with E-state index in [1.807, 2.05) is 27.7 Å². The molecule has 190 valence electrons. The minimum absolute atomic E-state index is 0.213. The Labute approximate surface area is 214 Å². The van der Waals surface area contributed by atoms with Gasteiger partial charge >= 0.3 is 0 Å². The number of Topliss-reactive ketones (excluding diaryl/α,β-unsaturated/α-hetero) is 1. The van der Waals surface area contributed by atoms with E-state index in [0.717, 1.165) is 0 Å². The Bertz CT molecular complexity index is 1050. The third-order valence-corrected chi connectivity index (χ3v) is 5.09. The lowest BCUT2D eigenvalue weighted by Gasteiger charge is -2.15. The molecular weight excluding hydrogens is 497 g/mol. The molecule has 1 N–H and O–H groups in total. The van der Waals surface area contributed by atoms with Crippen molar-refractivity contribution >= 4 is 46.3 Å². The standard InChI is InChI=1S/C24H29Cl2N3O6/c1-6-32-18-12-16(25)17(13-19(18)33-7-2)27-24(31)23(14(5)30)29-28-15-10-20(34-8-3)22(26)21(11-15)35-9-4/h10-13,23H,6-9H2,1-5H3,(H,27,31). The number of benzene rings is 2. The number of azo groups is 1. The van der Waals surface area contributed by atoms with E-state index in [1.54, 1.807) is 12.1 Å². The van der Waals surface area contributed by atoms with E-state index in [4.69, 9.17) is 42.1 Å². The van der Waals surface area contributed by atoms with Gasteiger partial charge in [0, 0.05) is 24.3 Å². The molecule has 1 amide bonds. The topological polar surface area (TPSA) is 108 Å². The summed E-state index contributed by atoms with van der Waals surface area (Å²) in [6.45, 7) is 10.1. The second-order valence-corrected chi connectivity index (χ2v) is 7.77. The van der Waals surface area contributed by atoms with Gasteiger partial charge in [0.05, 0.1) is 42.8 Å². The summed E-state index contributed by atoms with van der Waals surface area (Å²) >= 11 is 12.6. The Balaban J connectivity index is 2.33. The number of ketones is 1. The number of halogens is 2. The summed E-state index contributed by atoms with van der Waals surface area (Å²) in [7, 11) is 0. The van der Waals surface area contributed by atoms with Gasteiger partial charge in [-0.25, -0.2) is 0 Å². The zero-order valence-electron chi connectivity index (χ0n) is 20.3. The minimum Gasteiger partial charge on any atom is -0.492 e. The van der Waals surface area contributed by atoms with Gasteiger partial charge in [0.25, 0.3) is 5.91 Å². The van der Waals surface area contributed by atoms with Crippen LogP contribution in [0.5, 0.6) is 23.0 Å². The maximum Gasteiger partial charge on any atom is 0.258 e. The number of ether oxygens (including phenoxy) is 4. The molecule has 2 aromatic carbocycles. The lowest BCUT2D eigenvalue weighted by molar-refractivity contribution is -0.126. The SMILES string of the molecule is CCOc1cc(Cl)c(NC(=O)C(N=Nc2cc(OCC)c(Cl)c(OCC)c2)C(C)=O)cc1OCC. The fourth-order valence-corrected chi connectivity index (χ4v) is 3.37. The van der Waals surface area contributed by atoms with E-state index >= 15 is 0 Å². The lowest BCUT2D eigenvalue weighted by Crippen LogP contribution is -2.32. The molecule has 11 heteroatoms. The van der Waals surface area contributed by atoms with E-state index in [1.165, 1.54) is 19.1 Å². The summed E-state index contributed by atoms with van der Waals surface area (Å²) in [6.07, 6.45) is 0. The van der Waals surface area contributed by atoms with Crippen LogP contribution < -0.4 is 24.3 Å². The van der Waals surface area contributed by atoms with Crippen LogP contribution in [-0.4, -0.2) is 44.2 Å². The minimum atomic E-state index is -1.42. The molecule has 0 saturated heterocycles. The number of amides is 1. The van der Waals surface area contributed by atoms with Gasteiger partial charge < -0.3 is 24.3 Å². The van der Waals surface area contributed by atoms with Gasteiger partial charge in [-0.1, -0.05) is 23.2 Å². The fraction of sp³-hybridized carbons (Fsp3) is 0.417. The summed E-state index contributed by atoms with van der Waals surface area (Å²) in [4.78, 5) is 25.1. The van der Waals surface area contributed by atoms with Gasteiger partial charge in [0.2, 0.25) is 6.04 Å². The summed E-state index contributed by atoms with van der Waals surface area (Å²) < 4.78 is 22.1. The molecule has 35 heavy (non-hydrogen) atoms. The molecule has 0 aliphatic carbocycles. The number of nitrogens with one attached hydrogen (secondary N) is 1. The fourth-order valence-electron chi connectivity index (χ4n) is 2.95. The zero-order valence-corrected chi connectivity index (χ0v) is 21.8. The number of nitrogens with zero attached hydrogens (tertiary/aromatic N) is 2. The number of carbonyl (C=O) groups excluding carboxylic acids is 2. The zero-order chi connectivity index (χ0) is 26.0. The first kappa shape index (κ1) is 28.2. The molecule has 0 fully saturated rings. The van der Waals surface area contributed by atoms with Crippen molar-refractivity contribution in [3.8, 4) is 23.0 Å². The Kier molecular flexibility index (Phi) is 11.1. The molecule has 0 saturated carbocycles. The van der Waals surface area contributed by atoms with Gasteiger partial charge in [0.15, 0.2) is 17.3 Å². The van der Waals surface area contributed by atoms with E-state index < -0.39 is 17.7 Å². The summed E-state index contributed by atoms with van der Waals surface area (Å²) in [5, 5.41) is 11.2. The average Bonchev–Trinajstić information content (AvgIpc) is 2.80. The third-order valence-electron chi connectivity index (χ3n) is 4.40. The van der Waals surface area contributed by atoms with Crippen LogP contribution >= 0.6 is 23.2 Å². The van der Waals surface area contributed by atoms with Crippen molar-refractivity contribution in [1.29, 1.82) is 0 Å². The normalized spacial score (nSPS) is 11.7. The summed E-state index contributed by atoms with van der Waals surface area (Å²) in [6, 6.07) is 4.74. The van der Waals surface area contributed by atoms with Crippen LogP contribution in [0.1, 0.15) is 34.6 Å².